The topological polar surface area (TPSA) is 86.8 Å². The Bertz CT molecular complexity index is 1310. The number of sulfonamides is 1. The van der Waals surface area contributed by atoms with Crippen molar-refractivity contribution in [2.75, 3.05) is 17.4 Å². The number of rotatable bonds is 9. The minimum atomic E-state index is -4.01. The molecule has 0 atom stereocenters. The number of amides is 2. The van der Waals surface area contributed by atoms with E-state index in [9.17, 15) is 18.0 Å². The Labute approximate surface area is 210 Å². The van der Waals surface area contributed by atoms with Gasteiger partial charge < -0.3 is 10.2 Å². The first-order valence-electron chi connectivity index (χ1n) is 11.3. The van der Waals surface area contributed by atoms with E-state index in [1.807, 2.05) is 29.2 Å². The summed E-state index contributed by atoms with van der Waals surface area (Å²) in [5, 5.41) is 3.19. The van der Waals surface area contributed by atoms with Crippen LogP contribution in [0.2, 0.25) is 5.02 Å². The van der Waals surface area contributed by atoms with E-state index in [0.29, 0.717) is 23.7 Å². The molecule has 35 heavy (non-hydrogen) atoms. The van der Waals surface area contributed by atoms with Gasteiger partial charge in [-0.25, -0.2) is 8.42 Å². The molecule has 0 aromatic heterocycles. The Morgan fingerprint density at radius 2 is 1.69 bits per heavy atom. The fraction of sp³-hybridized carbons (Fsp3) is 0.231. The molecule has 1 fully saturated rings. The molecule has 1 saturated heterocycles. The van der Waals surface area contributed by atoms with Gasteiger partial charge in [-0.2, -0.15) is 0 Å². The van der Waals surface area contributed by atoms with E-state index in [1.54, 1.807) is 36.4 Å². The first-order chi connectivity index (χ1) is 16.8. The Morgan fingerprint density at radius 1 is 0.971 bits per heavy atom. The van der Waals surface area contributed by atoms with Crippen molar-refractivity contribution in [3.8, 4) is 0 Å². The zero-order chi connectivity index (χ0) is 24.8. The lowest BCUT2D eigenvalue weighted by atomic mass is 10.1. The Kier molecular flexibility index (Phi) is 7.73. The zero-order valence-electron chi connectivity index (χ0n) is 19.1. The molecule has 9 heteroatoms. The van der Waals surface area contributed by atoms with E-state index in [0.717, 1.165) is 28.4 Å². The van der Waals surface area contributed by atoms with Gasteiger partial charge in [0.05, 0.1) is 10.6 Å². The van der Waals surface area contributed by atoms with Crippen LogP contribution in [0.15, 0.2) is 83.8 Å². The highest BCUT2D eigenvalue weighted by atomic mass is 35.5. The number of likely N-dealkylation sites (tertiary alicyclic amines) is 1. The number of nitrogens with zero attached hydrogens (tertiary/aromatic N) is 2. The molecule has 0 unspecified atom stereocenters. The monoisotopic (exact) mass is 511 g/mol. The van der Waals surface area contributed by atoms with Crippen LogP contribution in [0.1, 0.15) is 24.0 Å². The molecule has 0 spiro atoms. The third kappa shape index (κ3) is 6.01. The van der Waals surface area contributed by atoms with Gasteiger partial charge in [0.2, 0.25) is 11.8 Å². The van der Waals surface area contributed by atoms with Crippen LogP contribution in [0.25, 0.3) is 0 Å². The molecule has 3 aromatic carbocycles. The molecule has 182 valence electrons. The SMILES string of the molecule is O=C(CN(c1cccc(Cl)c1)S(=O)(=O)c1ccccc1)NCc1ccccc1CN1CCCC1=O. The van der Waals surface area contributed by atoms with Gasteiger partial charge in [0.15, 0.2) is 0 Å². The summed E-state index contributed by atoms with van der Waals surface area (Å²) >= 11 is 6.11. The van der Waals surface area contributed by atoms with Crippen molar-refractivity contribution >= 4 is 39.1 Å². The number of anilines is 1. The predicted molar refractivity (Wildman–Crippen MR) is 135 cm³/mol. The smallest absolute Gasteiger partial charge is 0.264 e. The molecule has 0 saturated carbocycles. The van der Waals surface area contributed by atoms with Gasteiger partial charge in [-0.1, -0.05) is 60.1 Å². The van der Waals surface area contributed by atoms with Gasteiger partial charge >= 0.3 is 0 Å². The van der Waals surface area contributed by atoms with E-state index in [4.69, 9.17) is 11.6 Å². The average Bonchev–Trinajstić information content (AvgIpc) is 3.26. The fourth-order valence-electron chi connectivity index (χ4n) is 4.01. The number of hydrogen-bond donors (Lipinski definition) is 1. The van der Waals surface area contributed by atoms with Crippen molar-refractivity contribution in [1.29, 1.82) is 0 Å². The Hall–Kier alpha value is -3.36. The number of hydrogen-bond acceptors (Lipinski definition) is 4. The molecule has 1 N–H and O–H groups in total. The maximum Gasteiger partial charge on any atom is 0.264 e. The van der Waals surface area contributed by atoms with Gasteiger partial charge in [-0.3, -0.25) is 13.9 Å². The lowest BCUT2D eigenvalue weighted by molar-refractivity contribution is -0.128. The van der Waals surface area contributed by atoms with Crippen LogP contribution in [0.4, 0.5) is 5.69 Å². The van der Waals surface area contributed by atoms with E-state index >= 15 is 0 Å². The zero-order valence-corrected chi connectivity index (χ0v) is 20.6. The van der Waals surface area contributed by atoms with Gasteiger partial charge in [0.1, 0.15) is 6.54 Å². The third-order valence-corrected chi connectivity index (χ3v) is 7.86. The summed E-state index contributed by atoms with van der Waals surface area (Å²) < 4.78 is 27.8. The maximum atomic E-state index is 13.4. The molecule has 0 radical (unpaired) electrons. The van der Waals surface area contributed by atoms with Crippen molar-refractivity contribution in [2.45, 2.75) is 30.8 Å². The molecule has 0 bridgehead atoms. The fourth-order valence-corrected chi connectivity index (χ4v) is 5.63. The summed E-state index contributed by atoms with van der Waals surface area (Å²) in [7, 11) is -4.01. The molecule has 1 heterocycles. The number of halogens is 1. The molecular formula is C26H26ClN3O4S. The number of carbonyl (C=O) groups is 2. The number of nitrogens with one attached hydrogen (secondary N) is 1. The van der Waals surface area contributed by atoms with Crippen molar-refractivity contribution < 1.29 is 18.0 Å². The van der Waals surface area contributed by atoms with Crippen LogP contribution in [0.5, 0.6) is 0 Å². The molecule has 4 rings (SSSR count). The second-order valence-corrected chi connectivity index (χ2v) is 10.6. The molecular weight excluding hydrogens is 486 g/mol. The standard InChI is InChI=1S/C26H26ClN3O4S/c27-22-10-6-11-23(16-22)30(35(33,34)24-12-2-1-3-13-24)19-25(31)28-17-20-8-4-5-9-21(20)18-29-15-7-14-26(29)32/h1-6,8-13,16H,7,14-15,17-19H2,(H,28,31). The van der Waals surface area contributed by atoms with Crippen molar-refractivity contribution in [1.82, 2.24) is 10.2 Å². The van der Waals surface area contributed by atoms with Gasteiger partial charge in [-0.15, -0.1) is 0 Å². The first-order valence-corrected chi connectivity index (χ1v) is 13.1. The van der Waals surface area contributed by atoms with Gasteiger partial charge in [0, 0.05) is 31.1 Å². The minimum absolute atomic E-state index is 0.0772. The van der Waals surface area contributed by atoms with Crippen LogP contribution >= 0.6 is 11.6 Å². The molecule has 1 aliphatic heterocycles. The summed E-state index contributed by atoms with van der Waals surface area (Å²) in [5.41, 5.74) is 2.12. The first kappa shape index (κ1) is 24.8. The Morgan fingerprint density at radius 3 is 2.37 bits per heavy atom. The van der Waals surface area contributed by atoms with Gasteiger partial charge in [0.25, 0.3) is 10.0 Å². The second kappa shape index (κ2) is 10.9. The number of benzene rings is 3. The van der Waals surface area contributed by atoms with Crippen LogP contribution in [0, 0.1) is 0 Å². The van der Waals surface area contributed by atoms with Crippen molar-refractivity contribution in [3.63, 3.8) is 0 Å². The highest BCUT2D eigenvalue weighted by molar-refractivity contribution is 7.92. The van der Waals surface area contributed by atoms with Crippen LogP contribution in [0.3, 0.4) is 0 Å². The van der Waals surface area contributed by atoms with E-state index in [1.165, 1.54) is 18.2 Å². The molecule has 3 aromatic rings. The van der Waals surface area contributed by atoms with E-state index in [2.05, 4.69) is 5.32 Å². The Balaban J connectivity index is 1.51. The lowest BCUT2D eigenvalue weighted by Crippen LogP contribution is -2.40. The van der Waals surface area contributed by atoms with Crippen molar-refractivity contribution in [3.05, 3.63) is 95.0 Å². The molecule has 2 amide bonds. The third-order valence-electron chi connectivity index (χ3n) is 5.84. The normalized spacial score (nSPS) is 13.6. The second-order valence-electron chi connectivity index (χ2n) is 8.27. The van der Waals surface area contributed by atoms with E-state index < -0.39 is 22.5 Å². The molecule has 1 aliphatic rings. The van der Waals surface area contributed by atoms with Crippen LogP contribution in [-0.2, 0) is 32.7 Å². The van der Waals surface area contributed by atoms with E-state index in [-0.39, 0.29) is 17.3 Å². The number of carbonyl (C=O) groups excluding carboxylic acids is 2. The largest absolute Gasteiger partial charge is 0.350 e. The minimum Gasteiger partial charge on any atom is -0.350 e. The average molecular weight is 512 g/mol. The summed E-state index contributed by atoms with van der Waals surface area (Å²) in [6.07, 6.45) is 1.42. The highest BCUT2D eigenvalue weighted by Gasteiger charge is 2.27. The van der Waals surface area contributed by atoms with Crippen LogP contribution in [-0.4, -0.2) is 38.2 Å². The quantitative estimate of drug-likeness (QED) is 0.471. The van der Waals surface area contributed by atoms with Gasteiger partial charge in [-0.05, 0) is 47.9 Å². The van der Waals surface area contributed by atoms with Crippen molar-refractivity contribution in [2.24, 2.45) is 0 Å². The summed E-state index contributed by atoms with van der Waals surface area (Å²) in [6.45, 7) is 1.02. The summed E-state index contributed by atoms with van der Waals surface area (Å²) in [4.78, 5) is 26.9. The predicted octanol–water partition coefficient (Wildman–Crippen LogP) is 3.97. The summed E-state index contributed by atoms with van der Waals surface area (Å²) in [6, 6.07) is 21.9. The lowest BCUT2D eigenvalue weighted by Gasteiger charge is -2.24. The van der Waals surface area contributed by atoms with Crippen LogP contribution < -0.4 is 9.62 Å². The highest BCUT2D eigenvalue weighted by Crippen LogP contribution is 2.26. The summed E-state index contributed by atoms with van der Waals surface area (Å²) in [5.74, 6) is -0.330. The molecule has 0 aliphatic carbocycles. The molecule has 7 nitrogen and oxygen atoms in total. The maximum absolute atomic E-state index is 13.4.